The summed E-state index contributed by atoms with van der Waals surface area (Å²) < 4.78 is 0. The normalized spacial score (nSPS) is 14.8. The SMILES string of the molecule is CCSc1ccccc1C(=O)NC(C)c1ccc2c(c1)CCCC2. The summed E-state index contributed by atoms with van der Waals surface area (Å²) in [7, 11) is 0. The van der Waals surface area contributed by atoms with Crippen molar-refractivity contribution in [3.05, 3.63) is 64.7 Å². The van der Waals surface area contributed by atoms with Gasteiger partial charge in [-0.2, -0.15) is 0 Å². The molecule has 1 amide bonds. The zero-order valence-electron chi connectivity index (χ0n) is 14.5. The van der Waals surface area contributed by atoms with Crippen LogP contribution >= 0.6 is 11.8 Å². The van der Waals surface area contributed by atoms with Gasteiger partial charge in [0, 0.05) is 4.90 Å². The number of rotatable bonds is 5. The van der Waals surface area contributed by atoms with E-state index in [2.05, 4.69) is 37.4 Å². The molecule has 1 aliphatic carbocycles. The molecule has 1 N–H and O–H groups in total. The molecule has 1 unspecified atom stereocenters. The van der Waals surface area contributed by atoms with E-state index in [0.29, 0.717) is 0 Å². The lowest BCUT2D eigenvalue weighted by molar-refractivity contribution is 0.0937. The topological polar surface area (TPSA) is 29.1 Å². The Labute approximate surface area is 149 Å². The molecule has 0 aliphatic heterocycles. The fourth-order valence-corrected chi connectivity index (χ4v) is 4.12. The molecule has 2 nitrogen and oxygen atoms in total. The van der Waals surface area contributed by atoms with Crippen LogP contribution in [-0.4, -0.2) is 11.7 Å². The summed E-state index contributed by atoms with van der Waals surface area (Å²) in [5, 5.41) is 3.17. The first kappa shape index (κ1) is 17.1. The zero-order chi connectivity index (χ0) is 16.9. The molecule has 0 radical (unpaired) electrons. The predicted molar refractivity (Wildman–Crippen MR) is 102 cm³/mol. The van der Waals surface area contributed by atoms with Crippen molar-refractivity contribution in [3.63, 3.8) is 0 Å². The molecule has 0 saturated carbocycles. The van der Waals surface area contributed by atoms with Gasteiger partial charge in [-0.05, 0) is 67.2 Å². The highest BCUT2D eigenvalue weighted by Crippen LogP contribution is 2.26. The van der Waals surface area contributed by atoms with Crippen LogP contribution in [-0.2, 0) is 12.8 Å². The summed E-state index contributed by atoms with van der Waals surface area (Å²) in [6.45, 7) is 4.17. The third kappa shape index (κ3) is 3.84. The van der Waals surface area contributed by atoms with Gasteiger partial charge in [0.2, 0.25) is 0 Å². The number of nitrogens with one attached hydrogen (secondary N) is 1. The molecular weight excluding hydrogens is 314 g/mol. The van der Waals surface area contributed by atoms with E-state index in [1.54, 1.807) is 11.8 Å². The molecule has 1 atom stereocenters. The predicted octanol–water partition coefficient (Wildman–Crippen LogP) is 5.17. The van der Waals surface area contributed by atoms with Gasteiger partial charge in [0.25, 0.3) is 5.91 Å². The van der Waals surface area contributed by atoms with Gasteiger partial charge in [-0.3, -0.25) is 4.79 Å². The van der Waals surface area contributed by atoms with Crippen LogP contribution in [0.4, 0.5) is 0 Å². The summed E-state index contributed by atoms with van der Waals surface area (Å²) in [5.41, 5.74) is 4.91. The van der Waals surface area contributed by atoms with Crippen molar-refractivity contribution in [3.8, 4) is 0 Å². The second-order valence-electron chi connectivity index (χ2n) is 6.36. The van der Waals surface area contributed by atoms with Gasteiger partial charge in [-0.15, -0.1) is 11.8 Å². The highest BCUT2D eigenvalue weighted by atomic mass is 32.2. The Balaban J connectivity index is 1.75. The lowest BCUT2D eigenvalue weighted by Crippen LogP contribution is -2.27. The average molecular weight is 340 g/mol. The number of carbonyl (C=O) groups excluding carboxylic acids is 1. The fourth-order valence-electron chi connectivity index (χ4n) is 3.32. The minimum absolute atomic E-state index is 0.0109. The lowest BCUT2D eigenvalue weighted by atomic mass is 9.89. The Morgan fingerprint density at radius 2 is 1.88 bits per heavy atom. The summed E-state index contributed by atoms with van der Waals surface area (Å²) in [5.74, 6) is 0.974. The minimum atomic E-state index is 0.0109. The molecule has 3 rings (SSSR count). The Morgan fingerprint density at radius 3 is 2.67 bits per heavy atom. The number of hydrogen-bond donors (Lipinski definition) is 1. The molecule has 0 aromatic heterocycles. The number of thioether (sulfide) groups is 1. The van der Waals surface area contributed by atoms with E-state index in [4.69, 9.17) is 0 Å². The Kier molecular flexibility index (Phi) is 5.62. The Bertz CT molecular complexity index is 726. The van der Waals surface area contributed by atoms with Crippen LogP contribution in [0.2, 0.25) is 0 Å². The standard InChI is InChI=1S/C21H25NOS/c1-3-24-20-11-7-6-10-19(20)21(23)22-15(2)17-13-12-16-8-4-5-9-18(16)14-17/h6-7,10-15H,3-5,8-9H2,1-2H3,(H,22,23). The average Bonchev–Trinajstić information content (AvgIpc) is 2.62. The van der Waals surface area contributed by atoms with E-state index in [9.17, 15) is 4.79 Å². The fraction of sp³-hybridized carbons (Fsp3) is 0.381. The Hall–Kier alpha value is -1.74. The number of aryl methyl sites for hydroxylation is 2. The molecule has 3 heteroatoms. The van der Waals surface area contributed by atoms with Crippen LogP contribution in [0.1, 0.15) is 59.8 Å². The van der Waals surface area contributed by atoms with Crippen molar-refractivity contribution >= 4 is 17.7 Å². The van der Waals surface area contributed by atoms with Crippen LogP contribution in [0.25, 0.3) is 0 Å². The highest BCUT2D eigenvalue weighted by Gasteiger charge is 2.16. The summed E-state index contributed by atoms with van der Waals surface area (Å²) in [4.78, 5) is 13.7. The van der Waals surface area contributed by atoms with E-state index in [-0.39, 0.29) is 11.9 Å². The largest absolute Gasteiger partial charge is 0.345 e. The van der Waals surface area contributed by atoms with Gasteiger partial charge in [-0.1, -0.05) is 37.3 Å². The van der Waals surface area contributed by atoms with Crippen molar-refractivity contribution in [2.75, 3.05) is 5.75 Å². The summed E-state index contributed by atoms with van der Waals surface area (Å²) >= 11 is 1.71. The number of hydrogen-bond acceptors (Lipinski definition) is 2. The molecular formula is C21H25NOS. The molecule has 0 spiro atoms. The third-order valence-electron chi connectivity index (χ3n) is 4.65. The molecule has 0 bridgehead atoms. The monoisotopic (exact) mass is 339 g/mol. The van der Waals surface area contributed by atoms with E-state index < -0.39 is 0 Å². The molecule has 0 saturated heterocycles. The van der Waals surface area contributed by atoms with Gasteiger partial charge in [0.15, 0.2) is 0 Å². The third-order valence-corrected chi connectivity index (χ3v) is 5.61. The molecule has 1 aliphatic rings. The van der Waals surface area contributed by atoms with Gasteiger partial charge in [-0.25, -0.2) is 0 Å². The van der Waals surface area contributed by atoms with Gasteiger partial charge >= 0.3 is 0 Å². The number of benzene rings is 2. The van der Waals surface area contributed by atoms with Crippen molar-refractivity contribution in [2.45, 2.75) is 50.5 Å². The number of fused-ring (bicyclic) bond motifs is 1. The molecule has 0 fully saturated rings. The molecule has 0 heterocycles. The lowest BCUT2D eigenvalue weighted by Gasteiger charge is -2.20. The van der Waals surface area contributed by atoms with Crippen molar-refractivity contribution in [1.29, 1.82) is 0 Å². The van der Waals surface area contributed by atoms with E-state index in [0.717, 1.165) is 16.2 Å². The number of amides is 1. The van der Waals surface area contributed by atoms with Gasteiger partial charge < -0.3 is 5.32 Å². The van der Waals surface area contributed by atoms with Crippen molar-refractivity contribution < 1.29 is 4.79 Å². The van der Waals surface area contributed by atoms with Crippen molar-refractivity contribution in [1.82, 2.24) is 5.32 Å². The van der Waals surface area contributed by atoms with Crippen molar-refractivity contribution in [2.24, 2.45) is 0 Å². The molecule has 2 aromatic carbocycles. The maximum Gasteiger partial charge on any atom is 0.252 e. The minimum Gasteiger partial charge on any atom is -0.345 e. The molecule has 126 valence electrons. The maximum absolute atomic E-state index is 12.7. The van der Waals surface area contributed by atoms with Crippen LogP contribution in [0.5, 0.6) is 0 Å². The molecule has 2 aromatic rings. The van der Waals surface area contributed by atoms with Crippen LogP contribution in [0.15, 0.2) is 47.4 Å². The smallest absolute Gasteiger partial charge is 0.252 e. The highest BCUT2D eigenvalue weighted by molar-refractivity contribution is 7.99. The number of carbonyl (C=O) groups is 1. The first-order chi connectivity index (χ1) is 11.7. The van der Waals surface area contributed by atoms with E-state index >= 15 is 0 Å². The Morgan fingerprint density at radius 1 is 1.12 bits per heavy atom. The van der Waals surface area contributed by atoms with Gasteiger partial charge in [0.05, 0.1) is 11.6 Å². The van der Waals surface area contributed by atoms with Crippen LogP contribution in [0.3, 0.4) is 0 Å². The molecule has 24 heavy (non-hydrogen) atoms. The summed E-state index contributed by atoms with van der Waals surface area (Å²) in [6.07, 6.45) is 4.93. The van der Waals surface area contributed by atoms with Crippen LogP contribution in [0, 0.1) is 0 Å². The quantitative estimate of drug-likeness (QED) is 0.762. The van der Waals surface area contributed by atoms with E-state index in [1.807, 2.05) is 24.3 Å². The zero-order valence-corrected chi connectivity index (χ0v) is 15.3. The maximum atomic E-state index is 12.7. The second-order valence-corrected chi connectivity index (χ2v) is 7.67. The second kappa shape index (κ2) is 7.89. The first-order valence-electron chi connectivity index (χ1n) is 8.83. The first-order valence-corrected chi connectivity index (χ1v) is 9.82. The van der Waals surface area contributed by atoms with Gasteiger partial charge in [0.1, 0.15) is 0 Å². The van der Waals surface area contributed by atoms with E-state index in [1.165, 1.54) is 42.4 Å². The van der Waals surface area contributed by atoms with Crippen LogP contribution < -0.4 is 5.32 Å². The summed E-state index contributed by atoms with van der Waals surface area (Å²) in [6, 6.07) is 14.6.